The highest BCUT2D eigenvalue weighted by Crippen LogP contribution is 2.46. The molecule has 0 aromatic heterocycles. The van der Waals surface area contributed by atoms with Crippen molar-refractivity contribution in [2.75, 3.05) is 19.8 Å². The SMILES string of the molecule is CC(C)(C)OC(=O)CC[C@@]1(C(=O)NCC(F)(F)F)N=C(c2ccc(OCCCO)cc2)O[C@@H]1c1ccccc1N=[N+]=[N-]. The minimum atomic E-state index is -4.72. The molecule has 2 atom stereocenters. The van der Waals surface area contributed by atoms with E-state index in [9.17, 15) is 22.8 Å². The molecule has 3 rings (SSSR count). The molecular weight excluding hydrogens is 559 g/mol. The number of amides is 1. The summed E-state index contributed by atoms with van der Waals surface area (Å²) in [5.41, 5.74) is 6.82. The van der Waals surface area contributed by atoms with Gasteiger partial charge in [-0.3, -0.25) is 9.59 Å². The minimum absolute atomic E-state index is 0.0385. The van der Waals surface area contributed by atoms with Gasteiger partial charge < -0.3 is 24.6 Å². The summed E-state index contributed by atoms with van der Waals surface area (Å²) in [7, 11) is 0. The van der Waals surface area contributed by atoms with E-state index in [2.05, 4.69) is 15.0 Å². The van der Waals surface area contributed by atoms with Crippen LogP contribution in [0.25, 0.3) is 10.4 Å². The number of halogens is 3. The molecule has 14 heteroatoms. The lowest BCUT2D eigenvalue weighted by atomic mass is 9.82. The number of benzene rings is 2. The first kappa shape index (κ1) is 32.2. The van der Waals surface area contributed by atoms with Gasteiger partial charge in [-0.05, 0) is 57.0 Å². The van der Waals surface area contributed by atoms with Gasteiger partial charge in [0.2, 0.25) is 5.90 Å². The second-order valence-corrected chi connectivity index (χ2v) is 10.4. The molecule has 0 fully saturated rings. The van der Waals surface area contributed by atoms with Crippen molar-refractivity contribution in [1.82, 2.24) is 5.32 Å². The standard InChI is InChI=1S/C28H32F3N5O6/c1-26(2,3)42-22(38)13-14-27(25(39)33-17-28(29,30)31)23(20-7-4-5-8-21(20)35-36-32)41-24(34-27)18-9-11-19(12-10-18)40-16-6-15-37/h4-5,7-12,23,37H,6,13-17H2,1-3H3,(H,33,39)/t23-,27-/m1/s1. The van der Waals surface area contributed by atoms with Gasteiger partial charge in [-0.15, -0.1) is 0 Å². The van der Waals surface area contributed by atoms with E-state index in [1.165, 1.54) is 12.1 Å². The number of ether oxygens (including phenoxy) is 3. The number of alkyl halides is 3. The number of carbonyl (C=O) groups excluding carboxylic acids is 2. The number of aliphatic hydroxyl groups excluding tert-OH is 1. The second-order valence-electron chi connectivity index (χ2n) is 10.4. The molecule has 1 aliphatic rings. The van der Waals surface area contributed by atoms with E-state index in [1.54, 1.807) is 57.2 Å². The number of esters is 1. The predicted octanol–water partition coefficient (Wildman–Crippen LogP) is 5.45. The summed E-state index contributed by atoms with van der Waals surface area (Å²) in [5.74, 6) is -1.43. The number of rotatable bonds is 12. The molecule has 0 saturated heterocycles. The highest BCUT2D eigenvalue weighted by Gasteiger charge is 2.54. The second kappa shape index (κ2) is 13.6. The first-order valence-electron chi connectivity index (χ1n) is 13.1. The fourth-order valence-electron chi connectivity index (χ4n) is 4.21. The zero-order chi connectivity index (χ0) is 31.0. The molecule has 1 aliphatic heterocycles. The summed E-state index contributed by atoms with van der Waals surface area (Å²) in [5, 5.41) is 14.5. The number of nitrogens with zero attached hydrogens (tertiary/aromatic N) is 4. The summed E-state index contributed by atoms with van der Waals surface area (Å²) >= 11 is 0. The van der Waals surface area contributed by atoms with Crippen LogP contribution in [0.4, 0.5) is 18.9 Å². The van der Waals surface area contributed by atoms with Gasteiger partial charge in [-0.2, -0.15) is 13.2 Å². The molecular formula is C28H32F3N5O6. The van der Waals surface area contributed by atoms with Gasteiger partial charge in [0.05, 0.1) is 6.61 Å². The van der Waals surface area contributed by atoms with Crippen molar-refractivity contribution >= 4 is 23.5 Å². The van der Waals surface area contributed by atoms with E-state index >= 15 is 0 Å². The number of hydrogen-bond acceptors (Lipinski definition) is 8. The Bertz CT molecular complexity index is 1340. The maximum atomic E-state index is 13.6. The molecule has 42 heavy (non-hydrogen) atoms. The third-order valence-corrected chi connectivity index (χ3v) is 5.98. The predicted molar refractivity (Wildman–Crippen MR) is 146 cm³/mol. The van der Waals surface area contributed by atoms with Crippen LogP contribution < -0.4 is 10.1 Å². The fraction of sp³-hybridized carbons (Fsp3) is 0.464. The van der Waals surface area contributed by atoms with Crippen LogP contribution in [0, 0.1) is 0 Å². The quantitative estimate of drug-likeness (QED) is 0.110. The molecule has 2 N–H and O–H groups in total. The Labute approximate surface area is 240 Å². The third kappa shape index (κ3) is 8.60. The van der Waals surface area contributed by atoms with Gasteiger partial charge in [0.15, 0.2) is 11.6 Å². The van der Waals surface area contributed by atoms with Crippen LogP contribution in [-0.4, -0.2) is 60.0 Å². The number of aliphatic imine (C=N–C) groups is 1. The van der Waals surface area contributed by atoms with Gasteiger partial charge in [0.1, 0.15) is 17.9 Å². The monoisotopic (exact) mass is 591 g/mol. The smallest absolute Gasteiger partial charge is 0.405 e. The van der Waals surface area contributed by atoms with Gasteiger partial charge in [0.25, 0.3) is 5.91 Å². The van der Waals surface area contributed by atoms with Crippen LogP contribution >= 0.6 is 0 Å². The van der Waals surface area contributed by atoms with E-state index in [4.69, 9.17) is 24.8 Å². The van der Waals surface area contributed by atoms with Crippen molar-refractivity contribution in [3.05, 3.63) is 70.1 Å². The Morgan fingerprint density at radius 2 is 1.86 bits per heavy atom. The molecule has 0 aliphatic carbocycles. The van der Waals surface area contributed by atoms with Crippen molar-refractivity contribution < 1.29 is 42.1 Å². The van der Waals surface area contributed by atoms with Crippen molar-refractivity contribution in [2.24, 2.45) is 10.1 Å². The average Bonchev–Trinajstić information content (AvgIpc) is 3.31. The molecule has 2 aromatic carbocycles. The Morgan fingerprint density at radius 1 is 1.17 bits per heavy atom. The molecule has 0 spiro atoms. The Hall–Kier alpha value is -4.29. The molecule has 11 nitrogen and oxygen atoms in total. The molecule has 0 saturated carbocycles. The first-order chi connectivity index (χ1) is 19.8. The molecule has 226 valence electrons. The maximum Gasteiger partial charge on any atom is 0.405 e. The largest absolute Gasteiger partial charge is 0.494 e. The Balaban J connectivity index is 2.11. The van der Waals surface area contributed by atoms with Crippen molar-refractivity contribution in [3.8, 4) is 5.75 Å². The third-order valence-electron chi connectivity index (χ3n) is 5.98. The van der Waals surface area contributed by atoms with Crippen molar-refractivity contribution in [1.29, 1.82) is 0 Å². The Morgan fingerprint density at radius 3 is 2.48 bits per heavy atom. The van der Waals surface area contributed by atoms with E-state index in [-0.39, 0.29) is 43.2 Å². The summed E-state index contributed by atoms with van der Waals surface area (Å²) in [6.45, 7) is 3.56. The van der Waals surface area contributed by atoms with Crippen LogP contribution in [0.3, 0.4) is 0 Å². The molecule has 0 bridgehead atoms. The summed E-state index contributed by atoms with van der Waals surface area (Å²) in [4.78, 5) is 33.7. The van der Waals surface area contributed by atoms with Gasteiger partial charge in [0, 0.05) is 41.2 Å². The van der Waals surface area contributed by atoms with Crippen LogP contribution in [0.2, 0.25) is 0 Å². The number of hydrogen-bond donors (Lipinski definition) is 2. The first-order valence-corrected chi connectivity index (χ1v) is 13.1. The van der Waals surface area contributed by atoms with Crippen LogP contribution in [0.15, 0.2) is 58.6 Å². The van der Waals surface area contributed by atoms with Gasteiger partial charge >= 0.3 is 12.1 Å². The lowest BCUT2D eigenvalue weighted by Crippen LogP contribution is -2.50. The van der Waals surface area contributed by atoms with Gasteiger partial charge in [-0.25, -0.2) is 4.99 Å². The molecule has 0 unspecified atom stereocenters. The summed E-state index contributed by atoms with van der Waals surface area (Å²) < 4.78 is 56.6. The number of azide groups is 1. The van der Waals surface area contributed by atoms with E-state index in [0.717, 1.165) is 0 Å². The average molecular weight is 592 g/mol. The summed E-state index contributed by atoms with van der Waals surface area (Å²) in [6, 6.07) is 12.5. The van der Waals surface area contributed by atoms with Crippen LogP contribution in [-0.2, 0) is 19.1 Å². The lowest BCUT2D eigenvalue weighted by molar-refractivity contribution is -0.156. The highest BCUT2D eigenvalue weighted by molar-refractivity contribution is 6.01. The zero-order valence-electron chi connectivity index (χ0n) is 23.3. The molecule has 1 heterocycles. The van der Waals surface area contributed by atoms with Crippen LogP contribution in [0.5, 0.6) is 5.75 Å². The fourth-order valence-corrected chi connectivity index (χ4v) is 4.21. The number of nitrogens with one attached hydrogen (secondary N) is 1. The van der Waals surface area contributed by atoms with Gasteiger partial charge in [-0.1, -0.05) is 29.4 Å². The normalized spacial score (nSPS) is 18.4. The number of carbonyl (C=O) groups is 2. The summed E-state index contributed by atoms with van der Waals surface area (Å²) in [6.07, 6.45) is -6.43. The van der Waals surface area contributed by atoms with Crippen molar-refractivity contribution in [3.63, 3.8) is 0 Å². The zero-order valence-corrected chi connectivity index (χ0v) is 23.3. The number of aliphatic hydroxyl groups is 1. The van der Waals surface area contributed by atoms with Crippen LogP contribution in [0.1, 0.15) is 57.3 Å². The molecule has 2 aromatic rings. The van der Waals surface area contributed by atoms with Crippen molar-refractivity contribution in [2.45, 2.75) is 63.5 Å². The van der Waals surface area contributed by atoms with E-state index in [1.807, 2.05) is 5.32 Å². The highest BCUT2D eigenvalue weighted by atomic mass is 19.4. The van der Waals surface area contributed by atoms with E-state index < -0.39 is 41.8 Å². The molecule has 1 amide bonds. The molecule has 0 radical (unpaired) electrons. The maximum absolute atomic E-state index is 13.6. The minimum Gasteiger partial charge on any atom is -0.494 e. The Kier molecular flexibility index (Phi) is 10.4. The van der Waals surface area contributed by atoms with E-state index in [0.29, 0.717) is 17.7 Å². The lowest BCUT2D eigenvalue weighted by Gasteiger charge is -2.31. The topological polar surface area (TPSA) is 155 Å².